The van der Waals surface area contributed by atoms with Crippen LogP contribution in [0.1, 0.15) is 52.9 Å². The van der Waals surface area contributed by atoms with Gasteiger partial charge in [-0.1, -0.05) is 20.8 Å². The molecule has 2 heterocycles. The Kier molecular flexibility index (Phi) is 2.98. The van der Waals surface area contributed by atoms with Crippen molar-refractivity contribution in [3.05, 3.63) is 0 Å². The van der Waals surface area contributed by atoms with Crippen molar-refractivity contribution in [2.24, 2.45) is 16.2 Å². The fraction of sp³-hybridized carbons (Fsp3) is 0.812. The summed E-state index contributed by atoms with van der Waals surface area (Å²) >= 11 is 0. The summed E-state index contributed by atoms with van der Waals surface area (Å²) in [5.74, 6) is -0.310. The predicted octanol–water partition coefficient (Wildman–Crippen LogP) is 1.47. The number of carbonyl (C=O) groups is 3. The Hall–Kier alpha value is -1.39. The standard InChI is InChI=1S/C16H24N2O3/c1-14-8-15(2,12(20)17-11(14)19)10-16(3,9-14)13(21)18-6-4-5-7-18/h4-10H2,1-3H3,(H,17,19,20). The highest BCUT2D eigenvalue weighted by molar-refractivity contribution is 6.04. The molecule has 21 heavy (non-hydrogen) atoms. The molecule has 116 valence electrons. The maximum Gasteiger partial charge on any atom is 0.232 e. The number of likely N-dealkylation sites (tertiary alicyclic amines) is 1. The second-order valence-corrected chi connectivity index (χ2v) is 7.99. The van der Waals surface area contributed by atoms with Gasteiger partial charge in [-0.3, -0.25) is 19.7 Å². The highest BCUT2D eigenvalue weighted by atomic mass is 16.2. The van der Waals surface area contributed by atoms with E-state index in [1.165, 1.54) is 0 Å². The minimum atomic E-state index is -0.620. The summed E-state index contributed by atoms with van der Waals surface area (Å²) in [4.78, 5) is 39.4. The van der Waals surface area contributed by atoms with Gasteiger partial charge >= 0.3 is 0 Å². The molecule has 3 fully saturated rings. The number of nitrogens with zero attached hydrogens (tertiary/aromatic N) is 1. The monoisotopic (exact) mass is 292 g/mol. The van der Waals surface area contributed by atoms with Gasteiger partial charge in [-0.05, 0) is 32.1 Å². The van der Waals surface area contributed by atoms with E-state index in [9.17, 15) is 14.4 Å². The molecule has 1 aliphatic carbocycles. The molecular weight excluding hydrogens is 268 g/mol. The van der Waals surface area contributed by atoms with Gasteiger partial charge < -0.3 is 4.90 Å². The first-order valence-corrected chi connectivity index (χ1v) is 7.84. The molecule has 2 saturated heterocycles. The summed E-state index contributed by atoms with van der Waals surface area (Å²) in [5, 5.41) is 2.51. The lowest BCUT2D eigenvalue weighted by Gasteiger charge is -2.53. The van der Waals surface area contributed by atoms with Crippen molar-refractivity contribution in [1.29, 1.82) is 0 Å². The fourth-order valence-electron chi connectivity index (χ4n) is 4.95. The van der Waals surface area contributed by atoms with Gasteiger partial charge in [0, 0.05) is 29.3 Å². The maximum atomic E-state index is 12.9. The van der Waals surface area contributed by atoms with Gasteiger partial charge in [0.2, 0.25) is 17.7 Å². The van der Waals surface area contributed by atoms with Crippen LogP contribution in [0.2, 0.25) is 0 Å². The van der Waals surface area contributed by atoms with E-state index in [-0.39, 0.29) is 17.7 Å². The van der Waals surface area contributed by atoms with Crippen LogP contribution < -0.4 is 5.32 Å². The minimum absolute atomic E-state index is 0.125. The molecule has 3 amide bonds. The maximum absolute atomic E-state index is 12.9. The number of fused-ring (bicyclic) bond motifs is 2. The molecule has 5 heteroatoms. The van der Waals surface area contributed by atoms with Crippen LogP contribution in [-0.2, 0) is 14.4 Å². The normalized spacial score (nSPS) is 42.9. The summed E-state index contributed by atoms with van der Waals surface area (Å²) in [6, 6.07) is 0. The molecule has 2 aliphatic heterocycles. The smallest absolute Gasteiger partial charge is 0.232 e. The van der Waals surface area contributed by atoms with Crippen LogP contribution in [0.5, 0.6) is 0 Å². The van der Waals surface area contributed by atoms with Crippen LogP contribution in [0.3, 0.4) is 0 Å². The Morgan fingerprint density at radius 1 is 0.952 bits per heavy atom. The Bertz CT molecular complexity index is 496. The van der Waals surface area contributed by atoms with Crippen molar-refractivity contribution >= 4 is 17.7 Å². The van der Waals surface area contributed by atoms with E-state index in [4.69, 9.17) is 0 Å². The van der Waals surface area contributed by atoms with Crippen LogP contribution in [0.4, 0.5) is 0 Å². The van der Waals surface area contributed by atoms with Crippen LogP contribution >= 0.6 is 0 Å². The van der Waals surface area contributed by atoms with Crippen LogP contribution in [0.15, 0.2) is 0 Å². The van der Waals surface area contributed by atoms with Crippen LogP contribution in [0.25, 0.3) is 0 Å². The largest absolute Gasteiger partial charge is 0.342 e. The lowest BCUT2D eigenvalue weighted by Crippen LogP contribution is -2.63. The average molecular weight is 292 g/mol. The van der Waals surface area contributed by atoms with Crippen molar-refractivity contribution in [2.45, 2.75) is 52.9 Å². The fourth-order valence-corrected chi connectivity index (χ4v) is 4.95. The summed E-state index contributed by atoms with van der Waals surface area (Å²) in [6.07, 6.45) is 3.72. The molecule has 5 nitrogen and oxygen atoms in total. The average Bonchev–Trinajstić information content (AvgIpc) is 2.88. The van der Waals surface area contributed by atoms with Gasteiger partial charge in [-0.15, -0.1) is 0 Å². The summed E-state index contributed by atoms with van der Waals surface area (Å²) in [6.45, 7) is 7.34. The first-order chi connectivity index (χ1) is 9.69. The van der Waals surface area contributed by atoms with E-state index in [1.54, 1.807) is 0 Å². The quantitative estimate of drug-likeness (QED) is 0.744. The number of piperidine rings is 1. The molecule has 0 aromatic rings. The highest BCUT2D eigenvalue weighted by Crippen LogP contribution is 2.57. The molecule has 0 spiro atoms. The van der Waals surface area contributed by atoms with Crippen molar-refractivity contribution in [3.8, 4) is 0 Å². The molecular formula is C16H24N2O3. The first-order valence-electron chi connectivity index (χ1n) is 7.84. The zero-order valence-electron chi connectivity index (χ0n) is 13.1. The molecule has 0 aromatic carbocycles. The number of imide groups is 1. The molecule has 1 N–H and O–H groups in total. The second kappa shape index (κ2) is 4.31. The molecule has 3 rings (SSSR count). The molecule has 2 atom stereocenters. The van der Waals surface area contributed by atoms with E-state index < -0.39 is 16.2 Å². The van der Waals surface area contributed by atoms with Gasteiger partial charge in [0.05, 0.1) is 0 Å². The molecule has 1 saturated carbocycles. The summed E-state index contributed by atoms with van der Waals surface area (Å²) in [7, 11) is 0. The number of hydrogen-bond donors (Lipinski definition) is 1. The summed E-state index contributed by atoms with van der Waals surface area (Å²) in [5.41, 5.74) is -1.85. The second-order valence-electron chi connectivity index (χ2n) is 7.99. The Balaban J connectivity index is 1.95. The Morgan fingerprint density at radius 2 is 1.43 bits per heavy atom. The zero-order valence-corrected chi connectivity index (χ0v) is 13.1. The van der Waals surface area contributed by atoms with Crippen molar-refractivity contribution in [1.82, 2.24) is 10.2 Å². The number of carbonyl (C=O) groups excluding carboxylic acids is 3. The number of nitrogens with one attached hydrogen (secondary N) is 1. The number of hydrogen-bond acceptors (Lipinski definition) is 3. The van der Waals surface area contributed by atoms with E-state index in [0.717, 1.165) is 25.9 Å². The van der Waals surface area contributed by atoms with Gasteiger partial charge in [-0.2, -0.15) is 0 Å². The SMILES string of the molecule is CC12CC(C)(CC(C)(C(=O)N3CCCC3)C1)C(=O)NC2=O. The third-order valence-electron chi connectivity index (χ3n) is 5.57. The molecule has 0 aromatic heterocycles. The van der Waals surface area contributed by atoms with Crippen molar-refractivity contribution < 1.29 is 14.4 Å². The topological polar surface area (TPSA) is 66.5 Å². The third kappa shape index (κ3) is 2.09. The number of amides is 3. The van der Waals surface area contributed by atoms with Crippen molar-refractivity contribution in [3.63, 3.8) is 0 Å². The molecule has 0 radical (unpaired) electrons. The minimum Gasteiger partial charge on any atom is -0.342 e. The van der Waals surface area contributed by atoms with Gasteiger partial charge in [0.1, 0.15) is 0 Å². The van der Waals surface area contributed by atoms with E-state index >= 15 is 0 Å². The molecule has 3 aliphatic rings. The van der Waals surface area contributed by atoms with Crippen molar-refractivity contribution in [2.75, 3.05) is 13.1 Å². The van der Waals surface area contributed by atoms with Gasteiger partial charge in [-0.25, -0.2) is 0 Å². The highest BCUT2D eigenvalue weighted by Gasteiger charge is 2.61. The van der Waals surface area contributed by atoms with E-state index in [0.29, 0.717) is 19.3 Å². The van der Waals surface area contributed by atoms with E-state index in [1.807, 2.05) is 25.7 Å². The van der Waals surface area contributed by atoms with E-state index in [2.05, 4.69) is 5.32 Å². The molecule has 2 bridgehead atoms. The third-order valence-corrected chi connectivity index (χ3v) is 5.57. The Labute approximate surface area is 125 Å². The Morgan fingerprint density at radius 3 is 1.90 bits per heavy atom. The molecule has 2 unspecified atom stereocenters. The van der Waals surface area contributed by atoms with Gasteiger partial charge in [0.25, 0.3) is 0 Å². The zero-order chi connectivity index (χ0) is 15.5. The van der Waals surface area contributed by atoms with Gasteiger partial charge in [0.15, 0.2) is 0 Å². The number of rotatable bonds is 1. The first kappa shape index (κ1) is 14.5. The lowest BCUT2D eigenvalue weighted by molar-refractivity contribution is -0.167. The predicted molar refractivity (Wildman–Crippen MR) is 77.1 cm³/mol. The summed E-state index contributed by atoms with van der Waals surface area (Å²) < 4.78 is 0. The van der Waals surface area contributed by atoms with Crippen LogP contribution in [0, 0.1) is 16.2 Å². The lowest BCUT2D eigenvalue weighted by atomic mass is 9.52. The van der Waals surface area contributed by atoms with Crippen LogP contribution in [-0.4, -0.2) is 35.7 Å².